The lowest BCUT2D eigenvalue weighted by molar-refractivity contribution is -0.152. The van der Waals surface area contributed by atoms with Crippen LogP contribution >= 0.6 is 0 Å². The van der Waals surface area contributed by atoms with E-state index < -0.39 is 23.8 Å². The van der Waals surface area contributed by atoms with Crippen molar-refractivity contribution in [2.75, 3.05) is 0 Å². The minimum Gasteiger partial charge on any atom is -0.507 e. The molecule has 0 fully saturated rings. The molecule has 23 heavy (non-hydrogen) atoms. The predicted octanol–water partition coefficient (Wildman–Crippen LogP) is 4.07. The van der Waals surface area contributed by atoms with Gasteiger partial charge in [0.05, 0.1) is 11.8 Å². The molecule has 0 aliphatic rings. The van der Waals surface area contributed by atoms with E-state index >= 15 is 0 Å². The third-order valence-electron chi connectivity index (χ3n) is 3.87. The van der Waals surface area contributed by atoms with E-state index in [0.29, 0.717) is 17.6 Å². The topological polar surface area (TPSA) is 94.8 Å². The van der Waals surface area contributed by atoms with Crippen molar-refractivity contribution in [1.82, 2.24) is 0 Å². The van der Waals surface area contributed by atoms with E-state index in [-0.39, 0.29) is 0 Å². The van der Waals surface area contributed by atoms with E-state index in [4.69, 9.17) is 10.2 Å². The molecule has 0 aliphatic carbocycles. The van der Waals surface area contributed by atoms with E-state index in [0.717, 1.165) is 11.1 Å². The Morgan fingerprint density at radius 3 is 1.30 bits per heavy atom. The number of carboxylic acids is 2. The van der Waals surface area contributed by atoms with E-state index in [1.54, 1.807) is 0 Å². The van der Waals surface area contributed by atoms with Gasteiger partial charge >= 0.3 is 11.9 Å². The first kappa shape index (κ1) is 21.0. The van der Waals surface area contributed by atoms with Crippen LogP contribution in [0, 0.1) is 11.8 Å². The molecule has 1 aromatic carbocycles. The largest absolute Gasteiger partial charge is 0.507 e. The summed E-state index contributed by atoms with van der Waals surface area (Å²) in [5, 5.41) is 26.6. The average Bonchev–Trinajstić information content (AvgIpc) is 2.45. The fraction of sp³-hybridized carbons (Fsp3) is 0.556. The normalized spacial score (nSPS) is 13.2. The fourth-order valence-electron chi connectivity index (χ4n) is 1.94. The van der Waals surface area contributed by atoms with E-state index in [1.165, 1.54) is 13.8 Å². The van der Waals surface area contributed by atoms with Gasteiger partial charge in [-0.2, -0.15) is 0 Å². The Labute approximate surface area is 138 Å². The maximum Gasteiger partial charge on any atom is 0.307 e. The van der Waals surface area contributed by atoms with Crippen LogP contribution in [-0.4, -0.2) is 27.3 Å². The van der Waals surface area contributed by atoms with Gasteiger partial charge in [-0.25, -0.2) is 0 Å². The summed E-state index contributed by atoms with van der Waals surface area (Å²) in [6.45, 7) is 11.1. The van der Waals surface area contributed by atoms with Gasteiger partial charge in [0.15, 0.2) is 0 Å². The van der Waals surface area contributed by atoms with Gasteiger partial charge in [0.25, 0.3) is 0 Å². The Morgan fingerprint density at radius 2 is 1.09 bits per heavy atom. The van der Waals surface area contributed by atoms with Crippen molar-refractivity contribution in [1.29, 1.82) is 0 Å². The van der Waals surface area contributed by atoms with Crippen molar-refractivity contribution < 1.29 is 24.9 Å². The van der Waals surface area contributed by atoms with Crippen LogP contribution in [0.3, 0.4) is 0 Å². The third kappa shape index (κ3) is 6.30. The molecule has 0 heterocycles. The quantitative estimate of drug-likeness (QED) is 0.759. The third-order valence-corrected chi connectivity index (χ3v) is 3.87. The Balaban J connectivity index is 0.000000438. The van der Waals surface area contributed by atoms with Crippen LogP contribution in [0.1, 0.15) is 64.5 Å². The van der Waals surface area contributed by atoms with E-state index in [2.05, 4.69) is 27.7 Å². The van der Waals surface area contributed by atoms with Crippen molar-refractivity contribution in [2.24, 2.45) is 11.8 Å². The van der Waals surface area contributed by atoms with Crippen LogP contribution in [-0.2, 0) is 9.59 Å². The Kier molecular flexibility index (Phi) is 8.36. The van der Waals surface area contributed by atoms with Crippen LogP contribution in [0.2, 0.25) is 0 Å². The summed E-state index contributed by atoms with van der Waals surface area (Å²) in [6, 6.07) is 6.00. The Morgan fingerprint density at radius 1 is 0.783 bits per heavy atom. The second kappa shape index (κ2) is 9.18. The molecule has 0 aliphatic heterocycles. The second-order valence-corrected chi connectivity index (χ2v) is 6.35. The molecule has 130 valence electrons. The van der Waals surface area contributed by atoms with E-state index in [1.807, 2.05) is 18.2 Å². The van der Waals surface area contributed by atoms with Gasteiger partial charge in [0, 0.05) is 0 Å². The molecule has 2 unspecified atom stereocenters. The molecule has 0 saturated heterocycles. The number of para-hydroxylation sites is 1. The Hall–Kier alpha value is -2.04. The summed E-state index contributed by atoms with van der Waals surface area (Å²) in [6.07, 6.45) is 0. The molecule has 0 bridgehead atoms. The summed E-state index contributed by atoms with van der Waals surface area (Å²) in [5.74, 6) is -2.54. The molecule has 5 heteroatoms. The lowest BCUT2D eigenvalue weighted by Crippen LogP contribution is -2.24. The van der Waals surface area contributed by atoms with Gasteiger partial charge in [0.1, 0.15) is 5.75 Å². The summed E-state index contributed by atoms with van der Waals surface area (Å²) in [7, 11) is 0. The molecule has 0 aromatic heterocycles. The van der Waals surface area contributed by atoms with Crippen LogP contribution in [0.4, 0.5) is 0 Å². The van der Waals surface area contributed by atoms with Crippen LogP contribution in [0.25, 0.3) is 0 Å². The summed E-state index contributed by atoms with van der Waals surface area (Å²) >= 11 is 0. The van der Waals surface area contributed by atoms with Crippen LogP contribution < -0.4 is 0 Å². The highest BCUT2D eigenvalue weighted by Gasteiger charge is 2.24. The molecule has 0 spiro atoms. The standard InChI is InChI=1S/C12H18O.C6H10O4/c1-8(2)10-6-5-7-11(9(3)4)12(10)13;1-3(5(7)8)4(2)6(9)10/h5-9,13H,1-4H3;3-4H,1-2H3,(H,7,8)(H,9,10). The van der Waals surface area contributed by atoms with E-state index in [9.17, 15) is 14.7 Å². The lowest BCUT2D eigenvalue weighted by Gasteiger charge is -2.14. The minimum absolute atomic E-state index is 0.388. The first-order valence-corrected chi connectivity index (χ1v) is 7.78. The minimum atomic E-state index is -1.07. The number of hydrogen-bond donors (Lipinski definition) is 3. The molecular formula is C18H28O5. The smallest absolute Gasteiger partial charge is 0.307 e. The molecule has 0 saturated carbocycles. The predicted molar refractivity (Wildman–Crippen MR) is 89.9 cm³/mol. The SMILES string of the molecule is CC(C(=O)O)C(C)C(=O)O.CC(C)c1cccc(C(C)C)c1O. The number of hydrogen-bond acceptors (Lipinski definition) is 3. The maximum absolute atomic E-state index is 10.2. The molecule has 1 rings (SSSR count). The molecule has 2 atom stereocenters. The van der Waals surface area contributed by atoms with Gasteiger partial charge in [-0.15, -0.1) is 0 Å². The van der Waals surface area contributed by atoms with Gasteiger partial charge in [-0.05, 0) is 23.0 Å². The molecular weight excluding hydrogens is 296 g/mol. The highest BCUT2D eigenvalue weighted by molar-refractivity contribution is 5.79. The van der Waals surface area contributed by atoms with Crippen molar-refractivity contribution in [3.8, 4) is 5.75 Å². The zero-order chi connectivity index (χ0) is 18.3. The molecule has 1 aromatic rings. The van der Waals surface area contributed by atoms with Crippen molar-refractivity contribution >= 4 is 11.9 Å². The van der Waals surface area contributed by atoms with Crippen molar-refractivity contribution in [3.63, 3.8) is 0 Å². The highest BCUT2D eigenvalue weighted by atomic mass is 16.4. The maximum atomic E-state index is 10.2. The molecule has 5 nitrogen and oxygen atoms in total. The first-order chi connectivity index (χ1) is 10.5. The number of carbonyl (C=O) groups is 2. The lowest BCUT2D eigenvalue weighted by atomic mass is 9.94. The van der Waals surface area contributed by atoms with Crippen molar-refractivity contribution in [2.45, 2.75) is 53.4 Å². The zero-order valence-corrected chi connectivity index (χ0v) is 14.7. The highest BCUT2D eigenvalue weighted by Crippen LogP contribution is 2.32. The number of aromatic hydroxyl groups is 1. The van der Waals surface area contributed by atoms with Crippen LogP contribution in [0.5, 0.6) is 5.75 Å². The van der Waals surface area contributed by atoms with Gasteiger partial charge in [-0.3, -0.25) is 9.59 Å². The monoisotopic (exact) mass is 324 g/mol. The molecule has 3 N–H and O–H groups in total. The number of phenols is 1. The van der Waals surface area contributed by atoms with Gasteiger partial charge in [-0.1, -0.05) is 59.7 Å². The number of aliphatic carboxylic acids is 2. The summed E-state index contributed by atoms with van der Waals surface area (Å²) in [5.41, 5.74) is 2.09. The Bertz CT molecular complexity index is 490. The van der Waals surface area contributed by atoms with Gasteiger partial charge < -0.3 is 15.3 Å². The number of rotatable bonds is 5. The molecule has 0 amide bonds. The summed E-state index contributed by atoms with van der Waals surface area (Å²) < 4.78 is 0. The fourth-order valence-corrected chi connectivity index (χ4v) is 1.94. The van der Waals surface area contributed by atoms with Crippen LogP contribution in [0.15, 0.2) is 18.2 Å². The van der Waals surface area contributed by atoms with Crippen molar-refractivity contribution in [3.05, 3.63) is 29.3 Å². The average molecular weight is 324 g/mol. The molecule has 0 radical (unpaired) electrons. The second-order valence-electron chi connectivity index (χ2n) is 6.35. The number of carboxylic acid groups (broad SMARTS) is 2. The zero-order valence-electron chi connectivity index (χ0n) is 14.7. The summed E-state index contributed by atoms with van der Waals surface area (Å²) in [4.78, 5) is 20.4. The number of phenolic OH excluding ortho intramolecular Hbond substituents is 1. The first-order valence-electron chi connectivity index (χ1n) is 7.78. The van der Waals surface area contributed by atoms with Gasteiger partial charge in [0.2, 0.25) is 0 Å². The number of benzene rings is 1.